The van der Waals surface area contributed by atoms with Crippen molar-refractivity contribution >= 4 is 58.2 Å². The lowest BCUT2D eigenvalue weighted by Crippen LogP contribution is -2.42. The molecule has 140 valence electrons. The predicted molar refractivity (Wildman–Crippen MR) is 115 cm³/mol. The topological polar surface area (TPSA) is 123 Å². The summed E-state index contributed by atoms with van der Waals surface area (Å²) in [6.07, 6.45) is 6.16. The molecule has 1 aromatic carbocycles. The average molecular weight is 411 g/mol. The SMILES string of the molecule is N#C[S-].NC(=S)NC1CCC(Nc2ccnc3cc(Cl)ccc23)CC1.[NH4+]. The van der Waals surface area contributed by atoms with E-state index in [1.165, 1.54) is 5.40 Å². The number of nitriles is 1. The van der Waals surface area contributed by atoms with Gasteiger partial charge in [-0.05, 0) is 62.2 Å². The van der Waals surface area contributed by atoms with Gasteiger partial charge in [0.15, 0.2) is 5.11 Å². The van der Waals surface area contributed by atoms with E-state index in [0.717, 1.165) is 42.3 Å². The van der Waals surface area contributed by atoms with Crippen molar-refractivity contribution in [3.05, 3.63) is 35.5 Å². The number of pyridine rings is 1. The number of nitrogens with zero attached hydrogens (tertiary/aromatic N) is 2. The standard InChI is InChI=1S/C16H19ClN4S.CHNS.H3N/c17-10-1-6-13-14(7-8-19-15(13)9-10)20-11-2-4-12(5-3-11)21-16(18)22;2-1-3;/h1,6-9,11-12H,2-5H2,(H,19,20)(H3,18,21,22);3H;1H3. The number of thiocyanates is 1. The Hall–Kier alpha value is -1.92. The second kappa shape index (κ2) is 10.9. The van der Waals surface area contributed by atoms with Crippen LogP contribution in [0.5, 0.6) is 0 Å². The van der Waals surface area contributed by atoms with Crippen LogP contribution in [-0.2, 0) is 12.6 Å². The molecule has 0 saturated heterocycles. The van der Waals surface area contributed by atoms with Crippen LogP contribution in [0.25, 0.3) is 10.9 Å². The van der Waals surface area contributed by atoms with E-state index in [-0.39, 0.29) is 6.15 Å². The van der Waals surface area contributed by atoms with Crippen molar-refractivity contribution in [3.63, 3.8) is 0 Å². The lowest BCUT2D eigenvalue weighted by Gasteiger charge is -2.30. The van der Waals surface area contributed by atoms with Crippen molar-refractivity contribution in [3.8, 4) is 5.40 Å². The van der Waals surface area contributed by atoms with E-state index in [9.17, 15) is 0 Å². The molecule has 1 aliphatic carbocycles. The molecule has 8 N–H and O–H groups in total. The van der Waals surface area contributed by atoms with Crippen molar-refractivity contribution in [2.75, 3.05) is 5.32 Å². The van der Waals surface area contributed by atoms with Crippen molar-refractivity contribution in [2.24, 2.45) is 5.73 Å². The molecule has 0 spiro atoms. The molecule has 1 aromatic heterocycles. The molecule has 0 aliphatic heterocycles. The summed E-state index contributed by atoms with van der Waals surface area (Å²) in [6.45, 7) is 0. The van der Waals surface area contributed by atoms with Crippen LogP contribution < -0.4 is 22.5 Å². The lowest BCUT2D eigenvalue weighted by molar-refractivity contribution is 0.388. The number of aromatic nitrogens is 1. The molecule has 0 amide bonds. The van der Waals surface area contributed by atoms with E-state index in [2.05, 4.69) is 28.2 Å². The van der Waals surface area contributed by atoms with Crippen LogP contribution in [0, 0.1) is 10.7 Å². The third-order valence-corrected chi connectivity index (χ3v) is 4.49. The number of nitrogens with two attached hydrogens (primary N) is 1. The number of rotatable bonds is 3. The normalized spacial score (nSPS) is 18.5. The van der Waals surface area contributed by atoms with E-state index in [0.29, 0.717) is 22.2 Å². The maximum Gasteiger partial charge on any atom is 0.163 e. The number of benzene rings is 1. The minimum absolute atomic E-state index is 0. The number of nitrogens with one attached hydrogen (secondary N) is 2. The third-order valence-electron chi connectivity index (χ3n) is 4.14. The van der Waals surface area contributed by atoms with Crippen LogP contribution in [0.1, 0.15) is 25.7 Å². The molecule has 2 aromatic rings. The Bertz CT molecular complexity index is 771. The molecule has 26 heavy (non-hydrogen) atoms. The highest BCUT2D eigenvalue weighted by molar-refractivity contribution is 7.80. The second-order valence-electron chi connectivity index (χ2n) is 5.81. The summed E-state index contributed by atoms with van der Waals surface area (Å²) < 4.78 is 0. The molecule has 1 fully saturated rings. The number of quaternary nitrogens is 1. The number of thiocarbonyl (C=S) groups is 1. The zero-order valence-electron chi connectivity index (χ0n) is 14.5. The number of anilines is 1. The Morgan fingerprint density at radius 1 is 1.27 bits per heavy atom. The summed E-state index contributed by atoms with van der Waals surface area (Å²) in [5.41, 5.74) is 7.58. The van der Waals surface area contributed by atoms with Gasteiger partial charge in [-0.15, -0.1) is 0 Å². The summed E-state index contributed by atoms with van der Waals surface area (Å²) in [5, 5.41) is 17.5. The van der Waals surface area contributed by atoms with Crippen LogP contribution in [0.15, 0.2) is 30.5 Å². The zero-order chi connectivity index (χ0) is 18.2. The van der Waals surface area contributed by atoms with E-state index in [1.54, 1.807) is 0 Å². The summed E-state index contributed by atoms with van der Waals surface area (Å²) >= 11 is 14.6. The molecule has 1 saturated carbocycles. The predicted octanol–water partition coefficient (Wildman–Crippen LogP) is 3.84. The van der Waals surface area contributed by atoms with E-state index in [1.807, 2.05) is 30.5 Å². The van der Waals surface area contributed by atoms with Crippen LogP contribution >= 0.6 is 23.8 Å². The highest BCUT2D eigenvalue weighted by atomic mass is 35.5. The van der Waals surface area contributed by atoms with Crippen LogP contribution in [0.4, 0.5) is 5.69 Å². The molecular weight excluding hydrogens is 388 g/mol. The van der Waals surface area contributed by atoms with Crippen LogP contribution in [-0.4, -0.2) is 22.2 Å². The van der Waals surface area contributed by atoms with Gasteiger partial charge >= 0.3 is 0 Å². The molecule has 9 heteroatoms. The summed E-state index contributed by atoms with van der Waals surface area (Å²) in [5.74, 6) is 0. The molecule has 1 aliphatic rings. The van der Waals surface area contributed by atoms with Gasteiger partial charge in [-0.1, -0.05) is 17.0 Å². The minimum Gasteiger partial charge on any atom is -0.696 e. The van der Waals surface area contributed by atoms with Gasteiger partial charge in [-0.25, -0.2) is 5.26 Å². The minimum atomic E-state index is 0. The first-order valence-corrected chi connectivity index (χ1v) is 9.11. The molecule has 0 radical (unpaired) electrons. The third kappa shape index (κ3) is 6.42. The molecule has 1 heterocycles. The summed E-state index contributed by atoms with van der Waals surface area (Å²) in [7, 11) is 0. The van der Waals surface area contributed by atoms with Crippen LogP contribution in [0.3, 0.4) is 0 Å². The van der Waals surface area contributed by atoms with Crippen molar-refractivity contribution in [2.45, 2.75) is 37.8 Å². The molecule has 0 unspecified atom stereocenters. The quantitative estimate of drug-likeness (QED) is 0.344. The maximum atomic E-state index is 7.13. The monoisotopic (exact) mass is 410 g/mol. The number of fused-ring (bicyclic) bond motifs is 1. The largest absolute Gasteiger partial charge is 0.696 e. The van der Waals surface area contributed by atoms with Gasteiger partial charge in [0.25, 0.3) is 0 Å². The molecule has 3 rings (SSSR count). The van der Waals surface area contributed by atoms with Crippen molar-refractivity contribution in [1.29, 1.82) is 5.26 Å². The number of hydrogen-bond donors (Lipinski definition) is 4. The smallest absolute Gasteiger partial charge is 0.163 e. The van der Waals surface area contributed by atoms with Gasteiger partial charge in [0.2, 0.25) is 0 Å². The fraction of sp³-hybridized carbons (Fsp3) is 0.353. The van der Waals surface area contributed by atoms with E-state index < -0.39 is 0 Å². The highest BCUT2D eigenvalue weighted by Gasteiger charge is 2.21. The van der Waals surface area contributed by atoms with E-state index in [4.69, 9.17) is 34.8 Å². The van der Waals surface area contributed by atoms with Gasteiger partial charge in [0.05, 0.1) is 5.52 Å². The first-order chi connectivity index (χ1) is 12.0. The zero-order valence-corrected chi connectivity index (χ0v) is 16.9. The van der Waals surface area contributed by atoms with Crippen LogP contribution in [0.2, 0.25) is 5.02 Å². The molecule has 6 nitrogen and oxygen atoms in total. The maximum absolute atomic E-state index is 7.13. The number of halogens is 1. The van der Waals surface area contributed by atoms with Gasteiger partial charge in [0.1, 0.15) is 0 Å². The highest BCUT2D eigenvalue weighted by Crippen LogP contribution is 2.28. The second-order valence-corrected chi connectivity index (χ2v) is 6.87. The Morgan fingerprint density at radius 3 is 2.50 bits per heavy atom. The van der Waals surface area contributed by atoms with Gasteiger partial charge in [0, 0.05) is 34.4 Å². The number of hydrogen-bond acceptors (Lipinski definition) is 5. The van der Waals surface area contributed by atoms with Gasteiger partial charge < -0.3 is 35.1 Å². The Kier molecular flexibility index (Phi) is 9.30. The first kappa shape index (κ1) is 22.1. The van der Waals surface area contributed by atoms with Gasteiger partial charge in [-0.2, -0.15) is 0 Å². The van der Waals surface area contributed by atoms with Crippen molar-refractivity contribution < 1.29 is 0 Å². The van der Waals surface area contributed by atoms with E-state index >= 15 is 0 Å². The summed E-state index contributed by atoms with van der Waals surface area (Å²) in [6, 6.07) is 8.71. The molecule has 0 atom stereocenters. The lowest BCUT2D eigenvalue weighted by atomic mass is 9.91. The van der Waals surface area contributed by atoms with Gasteiger partial charge in [-0.3, -0.25) is 4.98 Å². The first-order valence-electron chi connectivity index (χ1n) is 7.91. The summed E-state index contributed by atoms with van der Waals surface area (Å²) in [4.78, 5) is 4.38. The fourth-order valence-corrected chi connectivity index (χ4v) is 3.38. The Morgan fingerprint density at radius 2 is 1.88 bits per heavy atom. The Balaban J connectivity index is 0.000000791. The fourth-order valence-electron chi connectivity index (χ4n) is 3.05. The molecule has 0 bridgehead atoms. The van der Waals surface area contributed by atoms with Crippen molar-refractivity contribution in [1.82, 2.24) is 16.5 Å². The average Bonchev–Trinajstić information content (AvgIpc) is 2.57. The molecular formula is C17H23ClN6S2. The Labute approximate surface area is 169 Å².